The van der Waals surface area contributed by atoms with Gasteiger partial charge < -0.3 is 0 Å². The lowest BCUT2D eigenvalue weighted by atomic mass is 9.87. The van der Waals surface area contributed by atoms with E-state index < -0.39 is 0 Å². The SMILES string of the molecule is CC(C)(C)c1ccc(C(=O)Nc2nc(CCl)cs2)cc1. The predicted octanol–water partition coefficient (Wildman–Crippen LogP) is 4.43. The number of aromatic nitrogens is 1. The van der Waals surface area contributed by atoms with Crippen molar-refractivity contribution < 1.29 is 4.79 Å². The van der Waals surface area contributed by atoms with Crippen LogP contribution in [0.3, 0.4) is 0 Å². The molecule has 106 valence electrons. The molecule has 0 atom stereocenters. The summed E-state index contributed by atoms with van der Waals surface area (Å²) in [6, 6.07) is 7.65. The Morgan fingerprint density at radius 3 is 2.45 bits per heavy atom. The molecular formula is C15H17ClN2OS. The molecule has 1 amide bonds. The highest BCUT2D eigenvalue weighted by atomic mass is 35.5. The number of nitrogens with one attached hydrogen (secondary N) is 1. The van der Waals surface area contributed by atoms with Gasteiger partial charge in [-0.1, -0.05) is 32.9 Å². The van der Waals surface area contributed by atoms with Gasteiger partial charge in [-0.25, -0.2) is 4.98 Å². The maximum Gasteiger partial charge on any atom is 0.257 e. The molecule has 0 aliphatic carbocycles. The lowest BCUT2D eigenvalue weighted by Crippen LogP contribution is -2.14. The van der Waals surface area contributed by atoms with Crippen LogP contribution in [-0.4, -0.2) is 10.9 Å². The predicted molar refractivity (Wildman–Crippen MR) is 84.8 cm³/mol. The average Bonchev–Trinajstić information content (AvgIpc) is 2.85. The fourth-order valence-electron chi connectivity index (χ4n) is 1.72. The molecule has 2 aromatic rings. The van der Waals surface area contributed by atoms with Gasteiger partial charge in [-0.05, 0) is 23.1 Å². The lowest BCUT2D eigenvalue weighted by molar-refractivity contribution is 0.102. The molecule has 1 aromatic heterocycles. The van der Waals surface area contributed by atoms with Crippen LogP contribution in [0, 0.1) is 0 Å². The molecule has 0 bridgehead atoms. The number of anilines is 1. The molecule has 2 rings (SSSR count). The standard InChI is InChI=1S/C15H17ClN2OS/c1-15(2,3)11-6-4-10(5-7-11)13(19)18-14-17-12(8-16)9-20-14/h4-7,9H,8H2,1-3H3,(H,17,18,19). The molecule has 20 heavy (non-hydrogen) atoms. The van der Waals surface area contributed by atoms with Crippen molar-refractivity contribution in [2.75, 3.05) is 5.32 Å². The zero-order valence-electron chi connectivity index (χ0n) is 11.7. The fraction of sp³-hybridized carbons (Fsp3) is 0.333. The second-order valence-corrected chi connectivity index (χ2v) is 6.68. The van der Waals surface area contributed by atoms with Gasteiger partial charge in [-0.3, -0.25) is 10.1 Å². The van der Waals surface area contributed by atoms with E-state index in [9.17, 15) is 4.79 Å². The first-order valence-corrected chi connectivity index (χ1v) is 7.74. The quantitative estimate of drug-likeness (QED) is 0.852. The third-order valence-corrected chi connectivity index (χ3v) is 4.00. The third-order valence-electron chi connectivity index (χ3n) is 2.92. The van der Waals surface area contributed by atoms with E-state index in [1.54, 1.807) is 0 Å². The summed E-state index contributed by atoms with van der Waals surface area (Å²) in [6.45, 7) is 6.43. The van der Waals surface area contributed by atoms with Crippen molar-refractivity contribution in [1.29, 1.82) is 0 Å². The Morgan fingerprint density at radius 2 is 1.95 bits per heavy atom. The van der Waals surface area contributed by atoms with Gasteiger partial charge in [-0.2, -0.15) is 0 Å². The fourth-order valence-corrected chi connectivity index (χ4v) is 2.65. The monoisotopic (exact) mass is 308 g/mol. The highest BCUT2D eigenvalue weighted by Crippen LogP contribution is 2.23. The molecule has 0 saturated heterocycles. The molecule has 0 aliphatic heterocycles. The van der Waals surface area contributed by atoms with Crippen molar-refractivity contribution in [2.24, 2.45) is 0 Å². The minimum atomic E-state index is -0.152. The number of thiazole rings is 1. The molecule has 0 fully saturated rings. The Kier molecular flexibility index (Phi) is 4.45. The summed E-state index contributed by atoms with van der Waals surface area (Å²) in [6.07, 6.45) is 0. The largest absolute Gasteiger partial charge is 0.298 e. The lowest BCUT2D eigenvalue weighted by Gasteiger charge is -2.18. The van der Waals surface area contributed by atoms with Crippen molar-refractivity contribution in [3.63, 3.8) is 0 Å². The van der Waals surface area contributed by atoms with E-state index in [4.69, 9.17) is 11.6 Å². The molecular weight excluding hydrogens is 292 g/mol. The Balaban J connectivity index is 2.09. The number of hydrogen-bond acceptors (Lipinski definition) is 3. The first kappa shape index (κ1) is 15.0. The Bertz CT molecular complexity index is 599. The summed E-state index contributed by atoms with van der Waals surface area (Å²) in [5, 5.41) is 5.19. The van der Waals surface area contributed by atoms with E-state index in [1.807, 2.05) is 29.6 Å². The molecule has 0 spiro atoms. The number of carbonyl (C=O) groups excluding carboxylic acids is 1. The number of benzene rings is 1. The average molecular weight is 309 g/mol. The van der Waals surface area contributed by atoms with Crippen LogP contribution in [-0.2, 0) is 11.3 Å². The summed E-state index contributed by atoms with van der Waals surface area (Å²) in [7, 11) is 0. The highest BCUT2D eigenvalue weighted by molar-refractivity contribution is 7.14. The van der Waals surface area contributed by atoms with Crippen molar-refractivity contribution in [1.82, 2.24) is 4.98 Å². The third kappa shape index (κ3) is 3.58. The first-order valence-electron chi connectivity index (χ1n) is 6.32. The number of alkyl halides is 1. The van der Waals surface area contributed by atoms with E-state index in [-0.39, 0.29) is 11.3 Å². The maximum atomic E-state index is 12.1. The van der Waals surface area contributed by atoms with E-state index in [1.165, 1.54) is 16.9 Å². The van der Waals surface area contributed by atoms with Crippen molar-refractivity contribution in [3.8, 4) is 0 Å². The Hall–Kier alpha value is -1.39. The van der Waals surface area contributed by atoms with Gasteiger partial charge in [0.25, 0.3) is 5.91 Å². The van der Waals surface area contributed by atoms with Crippen LogP contribution in [0.2, 0.25) is 0 Å². The van der Waals surface area contributed by atoms with Gasteiger partial charge >= 0.3 is 0 Å². The molecule has 3 nitrogen and oxygen atoms in total. The summed E-state index contributed by atoms with van der Waals surface area (Å²) in [4.78, 5) is 16.3. The number of rotatable bonds is 3. The molecule has 5 heteroatoms. The van der Waals surface area contributed by atoms with Crippen molar-refractivity contribution in [3.05, 3.63) is 46.5 Å². The minimum absolute atomic E-state index is 0.0829. The van der Waals surface area contributed by atoms with Gasteiger partial charge in [0.2, 0.25) is 0 Å². The Labute approximate surface area is 128 Å². The Morgan fingerprint density at radius 1 is 1.30 bits per heavy atom. The number of hydrogen-bond donors (Lipinski definition) is 1. The summed E-state index contributed by atoms with van der Waals surface area (Å²) in [5.74, 6) is 0.202. The van der Waals surface area contributed by atoms with Crippen LogP contribution in [0.4, 0.5) is 5.13 Å². The van der Waals surface area contributed by atoms with Crippen molar-refractivity contribution in [2.45, 2.75) is 32.1 Å². The molecule has 1 aromatic carbocycles. The van der Waals surface area contributed by atoms with Crippen molar-refractivity contribution >= 4 is 34.0 Å². The maximum absolute atomic E-state index is 12.1. The van der Waals surface area contributed by atoms with Crippen LogP contribution in [0.25, 0.3) is 0 Å². The zero-order valence-corrected chi connectivity index (χ0v) is 13.3. The summed E-state index contributed by atoms with van der Waals surface area (Å²) < 4.78 is 0. The second-order valence-electron chi connectivity index (χ2n) is 5.56. The number of carbonyl (C=O) groups is 1. The van der Waals surface area contributed by atoms with Gasteiger partial charge in [0.1, 0.15) is 0 Å². The van der Waals surface area contributed by atoms with E-state index in [0.29, 0.717) is 16.6 Å². The molecule has 1 heterocycles. The van der Waals surface area contributed by atoms with Crippen LogP contribution in [0.1, 0.15) is 42.4 Å². The summed E-state index contributed by atoms with van der Waals surface area (Å²) in [5.41, 5.74) is 2.68. The topological polar surface area (TPSA) is 42.0 Å². The van der Waals surface area contributed by atoms with Gasteiger partial charge in [-0.15, -0.1) is 22.9 Å². The minimum Gasteiger partial charge on any atom is -0.298 e. The summed E-state index contributed by atoms with van der Waals surface area (Å²) >= 11 is 7.06. The molecule has 0 saturated carbocycles. The highest BCUT2D eigenvalue weighted by Gasteiger charge is 2.14. The van der Waals surface area contributed by atoms with Gasteiger partial charge in [0.15, 0.2) is 5.13 Å². The smallest absolute Gasteiger partial charge is 0.257 e. The van der Waals surface area contributed by atoms with Crippen LogP contribution >= 0.6 is 22.9 Å². The number of nitrogens with zero attached hydrogens (tertiary/aromatic N) is 1. The normalized spacial score (nSPS) is 11.4. The van der Waals surface area contributed by atoms with E-state index >= 15 is 0 Å². The van der Waals surface area contributed by atoms with Gasteiger partial charge in [0, 0.05) is 10.9 Å². The van der Waals surface area contributed by atoms with E-state index in [0.717, 1.165) is 5.69 Å². The van der Waals surface area contributed by atoms with Crippen LogP contribution < -0.4 is 5.32 Å². The van der Waals surface area contributed by atoms with Crippen LogP contribution in [0.15, 0.2) is 29.6 Å². The van der Waals surface area contributed by atoms with E-state index in [2.05, 4.69) is 31.1 Å². The molecule has 0 aliphatic rings. The zero-order chi connectivity index (χ0) is 14.8. The van der Waals surface area contributed by atoms with Gasteiger partial charge in [0.05, 0.1) is 11.6 Å². The molecule has 0 unspecified atom stereocenters. The number of amides is 1. The first-order chi connectivity index (χ1) is 9.40. The number of halogens is 1. The molecule has 0 radical (unpaired) electrons. The second kappa shape index (κ2) is 5.94. The molecule has 1 N–H and O–H groups in total. The van der Waals surface area contributed by atoms with Crippen LogP contribution in [0.5, 0.6) is 0 Å².